The first-order valence-electron chi connectivity index (χ1n) is 6.90. The van der Waals surface area contributed by atoms with Gasteiger partial charge in [0.05, 0.1) is 0 Å². The standard InChI is InChI=1S/C16H26O2/c1-13(8-6-11-16(2,3)4)7-5-9-14-10-12-18-15(14)17/h7,10H,5-6,8-9,11-12H2,1-4H3/b13-7+. The first-order valence-corrected chi connectivity index (χ1v) is 6.90. The van der Waals surface area contributed by atoms with Crippen LogP contribution < -0.4 is 0 Å². The number of carbonyl (C=O) groups is 1. The van der Waals surface area contributed by atoms with E-state index in [0.717, 1.165) is 18.4 Å². The smallest absolute Gasteiger partial charge is 0.334 e. The summed E-state index contributed by atoms with van der Waals surface area (Å²) in [5.41, 5.74) is 2.71. The van der Waals surface area contributed by atoms with Gasteiger partial charge in [0, 0.05) is 5.57 Å². The SMILES string of the molecule is C/C(=C\CCC1=CCOC1=O)CCCC(C)(C)C. The molecule has 0 unspecified atom stereocenters. The molecule has 0 bridgehead atoms. The van der Waals surface area contributed by atoms with Crippen LogP contribution in [0.2, 0.25) is 0 Å². The molecule has 0 amide bonds. The van der Waals surface area contributed by atoms with Crippen LogP contribution in [0.15, 0.2) is 23.3 Å². The van der Waals surface area contributed by atoms with Gasteiger partial charge in [-0.25, -0.2) is 4.79 Å². The maximum Gasteiger partial charge on any atom is 0.334 e. The lowest BCUT2D eigenvalue weighted by atomic mass is 9.89. The maximum absolute atomic E-state index is 11.2. The molecule has 2 nitrogen and oxygen atoms in total. The molecular weight excluding hydrogens is 224 g/mol. The fraction of sp³-hybridized carbons (Fsp3) is 0.688. The number of allylic oxidation sites excluding steroid dienone is 2. The van der Waals surface area contributed by atoms with E-state index in [9.17, 15) is 4.79 Å². The highest BCUT2D eigenvalue weighted by molar-refractivity contribution is 5.90. The molecule has 1 rings (SSSR count). The van der Waals surface area contributed by atoms with E-state index in [1.54, 1.807) is 0 Å². The molecular formula is C16H26O2. The van der Waals surface area contributed by atoms with E-state index in [1.165, 1.54) is 24.8 Å². The highest BCUT2D eigenvalue weighted by atomic mass is 16.5. The van der Waals surface area contributed by atoms with Gasteiger partial charge in [-0.3, -0.25) is 0 Å². The molecule has 18 heavy (non-hydrogen) atoms. The third kappa shape index (κ3) is 6.04. The molecule has 0 aromatic heterocycles. The average Bonchev–Trinajstić information content (AvgIpc) is 2.62. The van der Waals surface area contributed by atoms with Gasteiger partial charge in [-0.05, 0) is 50.5 Å². The minimum atomic E-state index is -0.131. The van der Waals surface area contributed by atoms with Crippen molar-refractivity contribution in [1.29, 1.82) is 0 Å². The Balaban J connectivity index is 2.19. The third-order valence-corrected chi connectivity index (χ3v) is 3.21. The Bertz CT molecular complexity index is 343. The van der Waals surface area contributed by atoms with Crippen LogP contribution in [0, 0.1) is 5.41 Å². The van der Waals surface area contributed by atoms with Crippen LogP contribution in [-0.4, -0.2) is 12.6 Å². The summed E-state index contributed by atoms with van der Waals surface area (Å²) in [5.74, 6) is -0.131. The van der Waals surface area contributed by atoms with E-state index in [0.29, 0.717) is 12.0 Å². The molecule has 0 atom stereocenters. The lowest BCUT2D eigenvalue weighted by molar-refractivity contribution is -0.136. The monoisotopic (exact) mass is 250 g/mol. The van der Waals surface area contributed by atoms with Gasteiger partial charge < -0.3 is 4.74 Å². The number of rotatable bonds is 6. The van der Waals surface area contributed by atoms with Gasteiger partial charge in [0.25, 0.3) is 0 Å². The van der Waals surface area contributed by atoms with Crippen molar-refractivity contribution in [1.82, 2.24) is 0 Å². The zero-order chi connectivity index (χ0) is 13.6. The third-order valence-electron chi connectivity index (χ3n) is 3.21. The summed E-state index contributed by atoms with van der Waals surface area (Å²) in [7, 11) is 0. The van der Waals surface area contributed by atoms with E-state index in [2.05, 4.69) is 33.8 Å². The summed E-state index contributed by atoms with van der Waals surface area (Å²) >= 11 is 0. The Hall–Kier alpha value is -1.05. The quantitative estimate of drug-likeness (QED) is 0.515. The first-order chi connectivity index (χ1) is 8.38. The fourth-order valence-electron chi connectivity index (χ4n) is 2.07. The Morgan fingerprint density at radius 3 is 2.72 bits per heavy atom. The fourth-order valence-corrected chi connectivity index (χ4v) is 2.07. The summed E-state index contributed by atoms with van der Waals surface area (Å²) in [4.78, 5) is 11.2. The molecule has 102 valence electrons. The van der Waals surface area contributed by atoms with Crippen molar-refractivity contribution in [3.8, 4) is 0 Å². The van der Waals surface area contributed by atoms with Gasteiger partial charge >= 0.3 is 5.97 Å². The van der Waals surface area contributed by atoms with Crippen LogP contribution in [0.25, 0.3) is 0 Å². The number of esters is 1. The molecule has 0 aromatic rings. The Morgan fingerprint density at radius 1 is 1.44 bits per heavy atom. The lowest BCUT2D eigenvalue weighted by Gasteiger charge is -2.17. The predicted octanol–water partition coefficient (Wildman–Crippen LogP) is 4.41. The van der Waals surface area contributed by atoms with Crippen LogP contribution in [0.4, 0.5) is 0 Å². The molecule has 0 aromatic carbocycles. The molecule has 1 aliphatic rings. The number of hydrogen-bond acceptors (Lipinski definition) is 2. The van der Waals surface area contributed by atoms with Crippen LogP contribution in [0.3, 0.4) is 0 Å². The van der Waals surface area contributed by atoms with Crippen LogP contribution in [0.5, 0.6) is 0 Å². The Labute approximate surface area is 111 Å². The zero-order valence-electron chi connectivity index (χ0n) is 12.2. The molecule has 0 spiro atoms. The van der Waals surface area contributed by atoms with Crippen LogP contribution in [0.1, 0.15) is 59.8 Å². The van der Waals surface area contributed by atoms with Gasteiger partial charge in [-0.15, -0.1) is 0 Å². The molecule has 1 heterocycles. The maximum atomic E-state index is 11.2. The summed E-state index contributed by atoms with van der Waals surface area (Å²) in [6.07, 6.45) is 9.59. The van der Waals surface area contributed by atoms with E-state index >= 15 is 0 Å². The first kappa shape index (κ1) is 15.0. The van der Waals surface area contributed by atoms with E-state index in [4.69, 9.17) is 4.74 Å². The van der Waals surface area contributed by atoms with Gasteiger partial charge in [0.2, 0.25) is 0 Å². The highest BCUT2D eigenvalue weighted by Crippen LogP contribution is 2.23. The normalized spacial score (nSPS) is 16.8. The van der Waals surface area contributed by atoms with Gasteiger partial charge in [0.1, 0.15) is 6.61 Å². The Kier molecular flexibility index (Phi) is 5.64. The molecule has 0 fully saturated rings. The lowest BCUT2D eigenvalue weighted by Crippen LogP contribution is -2.04. The molecule has 1 aliphatic heterocycles. The van der Waals surface area contributed by atoms with Crippen molar-refractivity contribution in [3.63, 3.8) is 0 Å². The highest BCUT2D eigenvalue weighted by Gasteiger charge is 2.15. The molecule has 0 N–H and O–H groups in total. The second kappa shape index (κ2) is 6.77. The minimum absolute atomic E-state index is 0.131. The summed E-state index contributed by atoms with van der Waals surface area (Å²) in [6.45, 7) is 9.49. The minimum Gasteiger partial charge on any atom is -0.458 e. The largest absolute Gasteiger partial charge is 0.458 e. The summed E-state index contributed by atoms with van der Waals surface area (Å²) in [5, 5.41) is 0. The predicted molar refractivity (Wildman–Crippen MR) is 75.3 cm³/mol. The van der Waals surface area contributed by atoms with E-state index in [-0.39, 0.29) is 5.97 Å². The molecule has 2 heteroatoms. The number of carbonyl (C=O) groups excluding carboxylic acids is 1. The van der Waals surface area contributed by atoms with Crippen molar-refractivity contribution in [2.24, 2.45) is 5.41 Å². The Morgan fingerprint density at radius 2 is 2.17 bits per heavy atom. The number of ether oxygens (including phenoxy) is 1. The molecule has 0 radical (unpaired) electrons. The van der Waals surface area contributed by atoms with Crippen molar-refractivity contribution >= 4 is 5.97 Å². The molecule has 0 saturated heterocycles. The van der Waals surface area contributed by atoms with Crippen molar-refractivity contribution in [3.05, 3.63) is 23.3 Å². The average molecular weight is 250 g/mol. The molecule has 0 aliphatic carbocycles. The van der Waals surface area contributed by atoms with Crippen molar-refractivity contribution < 1.29 is 9.53 Å². The number of hydrogen-bond donors (Lipinski definition) is 0. The second-order valence-electron chi connectivity index (χ2n) is 6.33. The van der Waals surface area contributed by atoms with E-state index in [1.807, 2.05) is 6.08 Å². The molecule has 0 saturated carbocycles. The van der Waals surface area contributed by atoms with E-state index < -0.39 is 0 Å². The topological polar surface area (TPSA) is 26.3 Å². The number of cyclic esters (lactones) is 1. The summed E-state index contributed by atoms with van der Waals surface area (Å²) in [6, 6.07) is 0. The van der Waals surface area contributed by atoms with Crippen molar-refractivity contribution in [2.45, 2.75) is 59.8 Å². The second-order valence-corrected chi connectivity index (χ2v) is 6.33. The van der Waals surface area contributed by atoms with Gasteiger partial charge in [0.15, 0.2) is 0 Å². The van der Waals surface area contributed by atoms with Crippen LogP contribution >= 0.6 is 0 Å². The van der Waals surface area contributed by atoms with Crippen molar-refractivity contribution in [2.75, 3.05) is 6.61 Å². The zero-order valence-corrected chi connectivity index (χ0v) is 12.2. The van der Waals surface area contributed by atoms with Gasteiger partial charge in [-0.2, -0.15) is 0 Å². The van der Waals surface area contributed by atoms with Crippen LogP contribution in [-0.2, 0) is 9.53 Å². The van der Waals surface area contributed by atoms with Gasteiger partial charge in [-0.1, -0.05) is 32.4 Å². The summed E-state index contributed by atoms with van der Waals surface area (Å²) < 4.78 is 4.87.